The molecular weight excluding hydrogens is 404 g/mol. The van der Waals surface area contributed by atoms with E-state index in [1.54, 1.807) is 12.1 Å². The zero-order valence-corrected chi connectivity index (χ0v) is 17.3. The molecule has 0 fully saturated rings. The molecule has 0 aliphatic rings. The molecule has 0 unspecified atom stereocenters. The van der Waals surface area contributed by atoms with Crippen molar-refractivity contribution < 1.29 is 4.79 Å². The van der Waals surface area contributed by atoms with Crippen LogP contribution in [0.1, 0.15) is 28.0 Å². The van der Waals surface area contributed by atoms with E-state index in [-0.39, 0.29) is 11.5 Å². The van der Waals surface area contributed by atoms with E-state index in [9.17, 15) is 9.59 Å². The summed E-state index contributed by atoms with van der Waals surface area (Å²) in [6.45, 7) is 2.00. The highest BCUT2D eigenvalue weighted by atomic mass is 32.2. The highest BCUT2D eigenvalue weighted by Gasteiger charge is 2.11. The van der Waals surface area contributed by atoms with E-state index >= 15 is 0 Å². The fourth-order valence-electron chi connectivity index (χ4n) is 2.74. The second-order valence-corrected chi connectivity index (χ2v) is 8.29. The number of rotatable bonds is 6. The Balaban J connectivity index is 1.53. The monoisotopic (exact) mass is 422 g/mol. The van der Waals surface area contributed by atoms with Crippen molar-refractivity contribution in [3.8, 4) is 0 Å². The summed E-state index contributed by atoms with van der Waals surface area (Å²) in [6.07, 6.45) is 0.770. The summed E-state index contributed by atoms with van der Waals surface area (Å²) in [7, 11) is 0. The summed E-state index contributed by atoms with van der Waals surface area (Å²) in [4.78, 5) is 30.9. The number of nitrogens with zero attached hydrogens (tertiary/aromatic N) is 3. The normalized spacial score (nSPS) is 10.9. The second-order valence-electron chi connectivity index (χ2n) is 6.23. The van der Waals surface area contributed by atoms with Gasteiger partial charge in [-0.1, -0.05) is 48.6 Å². The lowest BCUT2D eigenvalue weighted by atomic mass is 10.2. The largest absolute Gasteiger partial charge is 0.321 e. The maximum Gasteiger partial charge on any atom is 0.275 e. The molecular formula is C21H18N4O2S2. The Kier molecular flexibility index (Phi) is 5.73. The first kappa shape index (κ1) is 19.4. The number of carbonyl (C=O) groups excluding carboxylic acids is 1. The Morgan fingerprint density at radius 2 is 1.90 bits per heavy atom. The molecule has 1 amide bonds. The molecule has 2 heterocycles. The third kappa shape index (κ3) is 4.38. The number of aromatic nitrogens is 3. The predicted octanol–water partition coefficient (Wildman–Crippen LogP) is 4.26. The van der Waals surface area contributed by atoms with Gasteiger partial charge in [0.05, 0.1) is 11.4 Å². The van der Waals surface area contributed by atoms with Gasteiger partial charge in [-0.2, -0.15) is 9.61 Å². The minimum atomic E-state index is -0.174. The molecule has 0 atom stereocenters. The van der Waals surface area contributed by atoms with Crippen LogP contribution in [-0.4, -0.2) is 20.5 Å². The summed E-state index contributed by atoms with van der Waals surface area (Å²) in [5.74, 6) is 0.358. The van der Waals surface area contributed by atoms with Gasteiger partial charge in [-0.3, -0.25) is 9.59 Å². The number of aryl methyl sites for hydroxylation is 1. The van der Waals surface area contributed by atoms with E-state index in [2.05, 4.69) is 15.4 Å². The number of hydrogen-bond acceptors (Lipinski definition) is 6. The van der Waals surface area contributed by atoms with Crippen molar-refractivity contribution in [2.45, 2.75) is 24.0 Å². The van der Waals surface area contributed by atoms with Gasteiger partial charge in [0, 0.05) is 22.3 Å². The SMILES string of the molecule is CCc1nn2c(=O)cc(CSc3ccccc3NC(=O)c3ccccc3)nc2s1. The van der Waals surface area contributed by atoms with Crippen LogP contribution < -0.4 is 10.9 Å². The second kappa shape index (κ2) is 8.59. The lowest BCUT2D eigenvalue weighted by Gasteiger charge is -2.10. The van der Waals surface area contributed by atoms with Gasteiger partial charge in [-0.15, -0.1) is 11.8 Å². The Hall–Kier alpha value is -2.97. The maximum absolute atomic E-state index is 12.5. The first-order valence-corrected chi connectivity index (χ1v) is 10.9. The first-order chi connectivity index (χ1) is 14.1. The van der Waals surface area contributed by atoms with Crippen molar-refractivity contribution >= 4 is 39.7 Å². The third-order valence-corrected chi connectivity index (χ3v) is 6.35. The molecule has 0 bridgehead atoms. The first-order valence-electron chi connectivity index (χ1n) is 9.11. The van der Waals surface area contributed by atoms with E-state index < -0.39 is 0 Å². The van der Waals surface area contributed by atoms with Crippen molar-refractivity contribution in [2.75, 3.05) is 5.32 Å². The minimum Gasteiger partial charge on any atom is -0.321 e. The lowest BCUT2D eigenvalue weighted by Crippen LogP contribution is -2.15. The number of carbonyl (C=O) groups is 1. The molecule has 0 spiro atoms. The molecule has 2 aromatic heterocycles. The molecule has 29 heavy (non-hydrogen) atoms. The standard InChI is InChI=1S/C21H18N4O2S2/c1-2-18-24-25-19(26)12-15(22-21(25)29-18)13-28-17-11-7-6-10-16(17)23-20(27)14-8-4-3-5-9-14/h3-12H,2,13H2,1H3,(H,23,27). The molecule has 4 aromatic rings. The van der Waals surface area contributed by atoms with Crippen LogP contribution in [0.2, 0.25) is 0 Å². The van der Waals surface area contributed by atoms with Crippen molar-refractivity contribution in [1.82, 2.24) is 14.6 Å². The quantitative estimate of drug-likeness (QED) is 0.470. The molecule has 4 rings (SSSR count). The van der Waals surface area contributed by atoms with Gasteiger partial charge in [0.2, 0.25) is 4.96 Å². The summed E-state index contributed by atoms with van der Waals surface area (Å²) < 4.78 is 1.35. The summed E-state index contributed by atoms with van der Waals surface area (Å²) in [6, 6.07) is 18.2. The van der Waals surface area contributed by atoms with Gasteiger partial charge in [0.15, 0.2) is 0 Å². The van der Waals surface area contributed by atoms with Gasteiger partial charge < -0.3 is 5.32 Å². The zero-order chi connectivity index (χ0) is 20.2. The zero-order valence-electron chi connectivity index (χ0n) is 15.7. The fourth-order valence-corrected chi connectivity index (χ4v) is 4.50. The van der Waals surface area contributed by atoms with Crippen LogP contribution in [0.5, 0.6) is 0 Å². The van der Waals surface area contributed by atoms with Crippen LogP contribution in [-0.2, 0) is 12.2 Å². The van der Waals surface area contributed by atoms with Crippen LogP contribution in [0.15, 0.2) is 70.4 Å². The van der Waals surface area contributed by atoms with Crippen LogP contribution in [0, 0.1) is 0 Å². The van der Waals surface area contributed by atoms with Gasteiger partial charge in [0.1, 0.15) is 5.01 Å². The van der Waals surface area contributed by atoms with Crippen molar-refractivity contribution in [3.05, 3.63) is 87.3 Å². The maximum atomic E-state index is 12.5. The number of benzene rings is 2. The van der Waals surface area contributed by atoms with Gasteiger partial charge in [0.25, 0.3) is 11.5 Å². The number of hydrogen-bond donors (Lipinski definition) is 1. The van der Waals surface area contributed by atoms with Crippen molar-refractivity contribution in [2.24, 2.45) is 0 Å². The highest BCUT2D eigenvalue weighted by molar-refractivity contribution is 7.98. The molecule has 0 radical (unpaired) electrons. The van der Waals surface area contributed by atoms with Gasteiger partial charge in [-0.05, 0) is 30.7 Å². The molecule has 0 aliphatic heterocycles. The fraction of sp³-hybridized carbons (Fsp3) is 0.143. The topological polar surface area (TPSA) is 76.4 Å². The number of fused-ring (bicyclic) bond motifs is 1. The molecule has 0 saturated carbocycles. The molecule has 8 heteroatoms. The van der Waals surface area contributed by atoms with E-state index in [4.69, 9.17) is 0 Å². The predicted molar refractivity (Wildman–Crippen MR) is 117 cm³/mol. The Morgan fingerprint density at radius 3 is 2.69 bits per heavy atom. The van der Waals surface area contributed by atoms with E-state index in [1.165, 1.54) is 33.7 Å². The number of anilines is 1. The molecule has 146 valence electrons. The van der Waals surface area contributed by atoms with Crippen LogP contribution >= 0.6 is 23.1 Å². The van der Waals surface area contributed by atoms with E-state index in [1.807, 2.05) is 49.4 Å². The Bertz CT molecular complexity index is 1220. The molecule has 1 N–H and O–H groups in total. The molecule has 2 aromatic carbocycles. The number of para-hydroxylation sites is 1. The molecule has 0 saturated heterocycles. The highest BCUT2D eigenvalue weighted by Crippen LogP contribution is 2.29. The minimum absolute atomic E-state index is 0.159. The third-order valence-electron chi connectivity index (χ3n) is 4.19. The van der Waals surface area contributed by atoms with Crippen LogP contribution in [0.25, 0.3) is 4.96 Å². The number of nitrogens with one attached hydrogen (secondary N) is 1. The van der Waals surface area contributed by atoms with Crippen molar-refractivity contribution in [1.29, 1.82) is 0 Å². The average Bonchev–Trinajstić information content (AvgIpc) is 3.18. The van der Waals surface area contributed by atoms with E-state index in [0.717, 1.165) is 22.0 Å². The van der Waals surface area contributed by atoms with Gasteiger partial charge >= 0.3 is 0 Å². The Morgan fingerprint density at radius 1 is 1.14 bits per heavy atom. The number of thioether (sulfide) groups is 1. The number of amides is 1. The van der Waals surface area contributed by atoms with E-state index in [0.29, 0.717) is 22.0 Å². The van der Waals surface area contributed by atoms with Crippen LogP contribution in [0.3, 0.4) is 0 Å². The van der Waals surface area contributed by atoms with Crippen LogP contribution in [0.4, 0.5) is 5.69 Å². The van der Waals surface area contributed by atoms with Gasteiger partial charge in [-0.25, -0.2) is 4.98 Å². The lowest BCUT2D eigenvalue weighted by molar-refractivity contribution is 0.102. The van der Waals surface area contributed by atoms with Crippen molar-refractivity contribution in [3.63, 3.8) is 0 Å². The average molecular weight is 423 g/mol. The summed E-state index contributed by atoms with van der Waals surface area (Å²) in [5.41, 5.74) is 1.85. The summed E-state index contributed by atoms with van der Waals surface area (Å²) >= 11 is 2.96. The smallest absolute Gasteiger partial charge is 0.275 e. The molecule has 6 nitrogen and oxygen atoms in total. The molecule has 0 aliphatic carbocycles. The Labute approximate surface area is 175 Å². The summed E-state index contributed by atoms with van der Waals surface area (Å²) in [5, 5.41) is 8.12.